The van der Waals surface area contributed by atoms with Gasteiger partial charge in [0.2, 0.25) is 0 Å². The first-order valence-corrected chi connectivity index (χ1v) is 4.42. The molecule has 0 atom stereocenters. The third-order valence-electron chi connectivity index (χ3n) is 1.19. The molecule has 0 saturated carbocycles. The maximum Gasteiger partial charge on any atom is 0.144 e. The standard InChI is InChI=1S/C7H15NO3S/c8-6-11-4-3-10-2-1-7(9)5-12/h12H,1-6,8H2. The Labute approximate surface area is 77.8 Å². The molecule has 12 heavy (non-hydrogen) atoms. The third-order valence-corrected chi connectivity index (χ3v) is 1.54. The number of hydrogen-bond acceptors (Lipinski definition) is 5. The van der Waals surface area contributed by atoms with Gasteiger partial charge in [-0.3, -0.25) is 4.79 Å². The van der Waals surface area contributed by atoms with Crippen molar-refractivity contribution in [2.24, 2.45) is 5.73 Å². The van der Waals surface area contributed by atoms with Gasteiger partial charge in [-0.15, -0.1) is 0 Å². The first kappa shape index (κ1) is 11.9. The highest BCUT2D eigenvalue weighted by atomic mass is 32.1. The zero-order valence-electron chi connectivity index (χ0n) is 6.99. The molecule has 0 aromatic carbocycles. The van der Waals surface area contributed by atoms with Crippen LogP contribution in [-0.2, 0) is 14.3 Å². The summed E-state index contributed by atoms with van der Waals surface area (Å²) in [6, 6.07) is 0. The minimum absolute atomic E-state index is 0.0954. The number of carbonyl (C=O) groups is 1. The molecule has 2 N–H and O–H groups in total. The number of rotatable bonds is 8. The smallest absolute Gasteiger partial charge is 0.144 e. The molecule has 0 amide bonds. The zero-order chi connectivity index (χ0) is 9.23. The predicted molar refractivity (Wildman–Crippen MR) is 49.3 cm³/mol. The lowest BCUT2D eigenvalue weighted by Crippen LogP contribution is -2.12. The van der Waals surface area contributed by atoms with Crippen LogP contribution in [0.15, 0.2) is 0 Å². The summed E-state index contributed by atoms with van der Waals surface area (Å²) in [4.78, 5) is 10.7. The molecule has 0 aromatic rings. The van der Waals surface area contributed by atoms with Crippen LogP contribution in [-0.4, -0.2) is 38.1 Å². The molecule has 0 fully saturated rings. The van der Waals surface area contributed by atoms with E-state index in [1.54, 1.807) is 0 Å². The van der Waals surface area contributed by atoms with E-state index < -0.39 is 0 Å². The maximum absolute atomic E-state index is 10.7. The van der Waals surface area contributed by atoms with E-state index in [9.17, 15) is 4.79 Å². The first-order valence-electron chi connectivity index (χ1n) is 3.79. The average molecular weight is 193 g/mol. The third kappa shape index (κ3) is 8.00. The molecule has 0 heterocycles. The van der Waals surface area contributed by atoms with Gasteiger partial charge in [-0.1, -0.05) is 0 Å². The molecule has 4 nitrogen and oxygen atoms in total. The largest absolute Gasteiger partial charge is 0.379 e. The highest BCUT2D eigenvalue weighted by Crippen LogP contribution is 1.87. The van der Waals surface area contributed by atoms with Crippen molar-refractivity contribution in [2.75, 3.05) is 32.3 Å². The van der Waals surface area contributed by atoms with Gasteiger partial charge in [0, 0.05) is 12.2 Å². The van der Waals surface area contributed by atoms with Gasteiger partial charge < -0.3 is 15.2 Å². The number of Topliss-reactive ketones (excluding diaryl/α,β-unsaturated/α-hetero) is 1. The van der Waals surface area contributed by atoms with Crippen LogP contribution in [0.25, 0.3) is 0 Å². The lowest BCUT2D eigenvalue weighted by atomic mass is 10.3. The minimum atomic E-state index is 0.0954. The van der Waals surface area contributed by atoms with E-state index in [0.717, 1.165) is 0 Å². The highest BCUT2D eigenvalue weighted by Gasteiger charge is 1.97. The number of thiol groups is 1. The van der Waals surface area contributed by atoms with Gasteiger partial charge in [-0.05, 0) is 0 Å². The van der Waals surface area contributed by atoms with Gasteiger partial charge in [0.25, 0.3) is 0 Å². The highest BCUT2D eigenvalue weighted by molar-refractivity contribution is 7.81. The molecule has 0 aliphatic carbocycles. The lowest BCUT2D eigenvalue weighted by Gasteiger charge is -2.02. The van der Waals surface area contributed by atoms with Crippen molar-refractivity contribution in [3.8, 4) is 0 Å². The molecular formula is C7H15NO3S. The van der Waals surface area contributed by atoms with Gasteiger partial charge >= 0.3 is 0 Å². The van der Waals surface area contributed by atoms with Gasteiger partial charge in [0.05, 0.1) is 26.6 Å². The summed E-state index contributed by atoms with van der Waals surface area (Å²) in [6.45, 7) is 1.61. The van der Waals surface area contributed by atoms with Gasteiger partial charge in [-0.25, -0.2) is 0 Å². The van der Waals surface area contributed by atoms with E-state index in [1.165, 1.54) is 0 Å². The van der Waals surface area contributed by atoms with Gasteiger partial charge in [0.1, 0.15) is 5.78 Å². The minimum Gasteiger partial charge on any atom is -0.379 e. The zero-order valence-corrected chi connectivity index (χ0v) is 7.89. The molecule has 0 unspecified atom stereocenters. The van der Waals surface area contributed by atoms with Crippen LogP contribution < -0.4 is 5.73 Å². The van der Waals surface area contributed by atoms with E-state index in [0.29, 0.717) is 26.2 Å². The van der Waals surface area contributed by atoms with Crippen molar-refractivity contribution >= 4 is 18.4 Å². The second-order valence-electron chi connectivity index (χ2n) is 2.13. The van der Waals surface area contributed by atoms with Crippen LogP contribution in [0.1, 0.15) is 6.42 Å². The summed E-state index contributed by atoms with van der Waals surface area (Å²) in [5.74, 6) is 0.376. The molecule has 0 aromatic heterocycles. The van der Waals surface area contributed by atoms with Gasteiger partial charge in [-0.2, -0.15) is 12.6 Å². The normalized spacial score (nSPS) is 10.2. The number of carbonyl (C=O) groups excluding carboxylic acids is 1. The molecule has 5 heteroatoms. The quantitative estimate of drug-likeness (QED) is 0.319. The van der Waals surface area contributed by atoms with Crippen LogP contribution >= 0.6 is 12.6 Å². The van der Waals surface area contributed by atoms with Crippen LogP contribution in [0, 0.1) is 0 Å². The van der Waals surface area contributed by atoms with Crippen LogP contribution in [0.4, 0.5) is 0 Å². The average Bonchev–Trinajstić information content (AvgIpc) is 2.10. The molecular weight excluding hydrogens is 178 g/mol. The van der Waals surface area contributed by atoms with Crippen molar-refractivity contribution in [3.05, 3.63) is 0 Å². The van der Waals surface area contributed by atoms with E-state index in [4.69, 9.17) is 15.2 Å². The maximum atomic E-state index is 10.7. The molecule has 0 radical (unpaired) electrons. The molecule has 0 rings (SSSR count). The molecule has 0 bridgehead atoms. The van der Waals surface area contributed by atoms with Crippen molar-refractivity contribution in [1.82, 2.24) is 0 Å². The Morgan fingerprint density at radius 2 is 1.92 bits per heavy atom. The summed E-state index contributed by atoms with van der Waals surface area (Å²) < 4.78 is 9.89. The molecule has 0 saturated heterocycles. The second kappa shape index (κ2) is 8.99. The molecule has 72 valence electrons. The van der Waals surface area contributed by atoms with Crippen molar-refractivity contribution < 1.29 is 14.3 Å². The Morgan fingerprint density at radius 1 is 1.25 bits per heavy atom. The summed E-state index contributed by atoms with van der Waals surface area (Å²) in [5.41, 5.74) is 5.07. The topological polar surface area (TPSA) is 61.6 Å². The van der Waals surface area contributed by atoms with Crippen molar-refractivity contribution in [3.63, 3.8) is 0 Å². The Balaban J connectivity index is 2.95. The fourth-order valence-corrected chi connectivity index (χ4v) is 0.726. The van der Waals surface area contributed by atoms with Crippen molar-refractivity contribution in [2.45, 2.75) is 6.42 Å². The Morgan fingerprint density at radius 3 is 2.50 bits per heavy atom. The fraction of sp³-hybridized carbons (Fsp3) is 0.857. The van der Waals surface area contributed by atoms with Crippen LogP contribution in [0.2, 0.25) is 0 Å². The van der Waals surface area contributed by atoms with Gasteiger partial charge in [0.15, 0.2) is 0 Å². The van der Waals surface area contributed by atoms with Crippen LogP contribution in [0.3, 0.4) is 0 Å². The second-order valence-corrected chi connectivity index (χ2v) is 2.45. The molecule has 0 aliphatic heterocycles. The summed E-state index contributed by atoms with van der Waals surface area (Å²) >= 11 is 3.83. The monoisotopic (exact) mass is 193 g/mol. The fourth-order valence-electron chi connectivity index (χ4n) is 0.568. The van der Waals surface area contributed by atoms with E-state index in [-0.39, 0.29) is 18.3 Å². The number of nitrogens with two attached hydrogens (primary N) is 1. The summed E-state index contributed by atoms with van der Waals surface area (Å²) in [7, 11) is 0. The number of ketones is 1. The Bertz CT molecular complexity index is 121. The number of ether oxygens (including phenoxy) is 2. The Hall–Kier alpha value is -0.100. The first-order chi connectivity index (χ1) is 5.81. The lowest BCUT2D eigenvalue weighted by molar-refractivity contribution is -0.117. The van der Waals surface area contributed by atoms with E-state index in [1.807, 2.05) is 0 Å². The SMILES string of the molecule is NCOCCOCCC(=O)CS. The van der Waals surface area contributed by atoms with E-state index >= 15 is 0 Å². The molecule has 0 spiro atoms. The molecule has 0 aliphatic rings. The van der Waals surface area contributed by atoms with E-state index in [2.05, 4.69) is 12.6 Å². The summed E-state index contributed by atoms with van der Waals surface area (Å²) in [5, 5.41) is 0. The van der Waals surface area contributed by atoms with Crippen molar-refractivity contribution in [1.29, 1.82) is 0 Å². The summed E-state index contributed by atoms with van der Waals surface area (Å²) in [6.07, 6.45) is 0.423. The van der Waals surface area contributed by atoms with Crippen LogP contribution in [0.5, 0.6) is 0 Å². The Kier molecular flexibility index (Phi) is 8.92. The number of hydrogen-bond donors (Lipinski definition) is 2. The predicted octanol–water partition coefficient (Wildman–Crippen LogP) is -0.175.